The molecular weight excluding hydrogens is 258 g/mol. The average Bonchev–Trinajstić information content (AvgIpc) is 2.35. The number of hydrogen-bond donors (Lipinski definition) is 1. The highest BCUT2D eigenvalue weighted by atomic mass is 16.6. The molecule has 0 radical (unpaired) electrons. The van der Waals surface area contributed by atoms with Crippen LogP contribution in [0.3, 0.4) is 0 Å². The number of benzene rings is 1. The van der Waals surface area contributed by atoms with E-state index in [1.807, 2.05) is 20.8 Å². The predicted octanol–water partition coefficient (Wildman–Crippen LogP) is 2.44. The molecule has 0 aliphatic carbocycles. The van der Waals surface area contributed by atoms with Gasteiger partial charge in [0.2, 0.25) is 0 Å². The third-order valence-electron chi connectivity index (χ3n) is 2.65. The van der Waals surface area contributed by atoms with Crippen molar-refractivity contribution in [3.8, 4) is 11.5 Å². The minimum absolute atomic E-state index is 0.0972. The summed E-state index contributed by atoms with van der Waals surface area (Å²) < 4.78 is 15.7. The second kappa shape index (κ2) is 6.61. The first-order chi connectivity index (χ1) is 9.26. The molecule has 0 aliphatic heterocycles. The maximum absolute atomic E-state index is 11.8. The summed E-state index contributed by atoms with van der Waals surface area (Å²) in [6.45, 7) is 5.47. The van der Waals surface area contributed by atoms with Gasteiger partial charge in [-0.3, -0.25) is 4.79 Å². The quantitative estimate of drug-likeness (QED) is 0.839. The van der Waals surface area contributed by atoms with Crippen molar-refractivity contribution in [2.24, 2.45) is 5.73 Å². The van der Waals surface area contributed by atoms with Crippen molar-refractivity contribution in [3.05, 3.63) is 23.8 Å². The molecule has 5 nitrogen and oxygen atoms in total. The Labute approximate surface area is 120 Å². The van der Waals surface area contributed by atoms with Gasteiger partial charge in [-0.2, -0.15) is 0 Å². The van der Waals surface area contributed by atoms with Crippen molar-refractivity contribution in [1.82, 2.24) is 0 Å². The molecule has 0 heterocycles. The van der Waals surface area contributed by atoms with Gasteiger partial charge < -0.3 is 19.9 Å². The monoisotopic (exact) mass is 281 g/mol. The van der Waals surface area contributed by atoms with E-state index in [9.17, 15) is 4.79 Å². The van der Waals surface area contributed by atoms with Gasteiger partial charge in [-0.05, 0) is 26.8 Å². The number of carbonyl (C=O) groups is 1. The molecule has 112 valence electrons. The molecule has 0 spiro atoms. The summed E-state index contributed by atoms with van der Waals surface area (Å²) in [7, 11) is 3.13. The molecule has 0 unspecified atom stereocenters. The van der Waals surface area contributed by atoms with Gasteiger partial charge in [0, 0.05) is 17.7 Å². The van der Waals surface area contributed by atoms with Crippen LogP contribution in [0.2, 0.25) is 0 Å². The van der Waals surface area contributed by atoms with E-state index in [1.54, 1.807) is 32.4 Å². The van der Waals surface area contributed by atoms with E-state index in [4.69, 9.17) is 19.9 Å². The zero-order valence-corrected chi connectivity index (χ0v) is 12.7. The number of rotatable bonds is 5. The lowest BCUT2D eigenvalue weighted by atomic mass is 10.0. The van der Waals surface area contributed by atoms with E-state index >= 15 is 0 Å². The summed E-state index contributed by atoms with van der Waals surface area (Å²) in [5.74, 6) is 0.943. The van der Waals surface area contributed by atoms with Crippen LogP contribution in [0, 0.1) is 0 Å². The third kappa shape index (κ3) is 4.74. The van der Waals surface area contributed by atoms with Crippen molar-refractivity contribution >= 4 is 5.97 Å². The van der Waals surface area contributed by atoms with E-state index in [2.05, 4.69) is 0 Å². The number of hydrogen-bond acceptors (Lipinski definition) is 5. The molecule has 1 atom stereocenters. The van der Waals surface area contributed by atoms with Crippen molar-refractivity contribution in [1.29, 1.82) is 0 Å². The minimum Gasteiger partial charge on any atom is -0.497 e. The van der Waals surface area contributed by atoms with Gasteiger partial charge in [0.15, 0.2) is 0 Å². The Morgan fingerprint density at radius 2 is 1.90 bits per heavy atom. The van der Waals surface area contributed by atoms with Gasteiger partial charge in [-0.1, -0.05) is 6.07 Å². The molecule has 0 aromatic heterocycles. The molecule has 0 saturated heterocycles. The van der Waals surface area contributed by atoms with E-state index in [0.717, 1.165) is 5.56 Å². The zero-order valence-electron chi connectivity index (χ0n) is 12.7. The lowest BCUT2D eigenvalue weighted by Crippen LogP contribution is -2.26. The van der Waals surface area contributed by atoms with Crippen molar-refractivity contribution in [2.75, 3.05) is 14.2 Å². The Morgan fingerprint density at radius 1 is 1.25 bits per heavy atom. The van der Waals surface area contributed by atoms with Gasteiger partial charge in [0.1, 0.15) is 17.1 Å². The molecule has 0 saturated carbocycles. The normalized spacial score (nSPS) is 12.7. The second-order valence-electron chi connectivity index (χ2n) is 5.50. The van der Waals surface area contributed by atoms with Crippen LogP contribution in [0.4, 0.5) is 0 Å². The van der Waals surface area contributed by atoms with E-state index in [1.165, 1.54) is 0 Å². The van der Waals surface area contributed by atoms with Crippen LogP contribution < -0.4 is 15.2 Å². The van der Waals surface area contributed by atoms with Gasteiger partial charge in [0.25, 0.3) is 0 Å². The van der Waals surface area contributed by atoms with Crippen LogP contribution in [0.1, 0.15) is 38.8 Å². The van der Waals surface area contributed by atoms with Crippen LogP contribution in [-0.2, 0) is 9.53 Å². The smallest absolute Gasteiger partial charge is 0.308 e. The Kier molecular flexibility index (Phi) is 5.39. The molecule has 0 amide bonds. The highest BCUT2D eigenvalue weighted by molar-refractivity contribution is 5.71. The number of ether oxygens (including phenoxy) is 3. The first-order valence-corrected chi connectivity index (χ1v) is 6.46. The molecule has 5 heteroatoms. The molecule has 20 heavy (non-hydrogen) atoms. The Morgan fingerprint density at radius 3 is 2.40 bits per heavy atom. The Balaban J connectivity index is 2.81. The fourth-order valence-electron chi connectivity index (χ4n) is 1.80. The van der Waals surface area contributed by atoms with Crippen molar-refractivity contribution < 1.29 is 19.0 Å². The largest absolute Gasteiger partial charge is 0.497 e. The molecule has 2 N–H and O–H groups in total. The lowest BCUT2D eigenvalue weighted by molar-refractivity contribution is -0.155. The fourth-order valence-corrected chi connectivity index (χ4v) is 1.80. The third-order valence-corrected chi connectivity index (χ3v) is 2.65. The summed E-state index contributed by atoms with van der Waals surface area (Å²) in [6.07, 6.45) is 0.0972. The van der Waals surface area contributed by atoms with Crippen LogP contribution in [0.15, 0.2) is 18.2 Å². The highest BCUT2D eigenvalue weighted by Crippen LogP contribution is 2.30. The highest BCUT2D eigenvalue weighted by Gasteiger charge is 2.21. The zero-order chi connectivity index (χ0) is 15.3. The average molecular weight is 281 g/mol. The lowest BCUT2D eigenvalue weighted by Gasteiger charge is -2.21. The maximum atomic E-state index is 11.8. The Hall–Kier alpha value is -1.75. The summed E-state index contributed by atoms with van der Waals surface area (Å²) >= 11 is 0. The minimum atomic E-state index is -0.513. The standard InChI is InChI=1S/C15H23NO4/c1-15(2,3)20-14(17)9-12(16)11-7-6-10(18-4)8-13(11)19-5/h6-8,12H,9,16H2,1-5H3/t12-/m0/s1. The SMILES string of the molecule is COc1ccc([C@@H](N)CC(=O)OC(C)(C)C)c(OC)c1. The second-order valence-corrected chi connectivity index (χ2v) is 5.50. The molecular formula is C15H23NO4. The first kappa shape index (κ1) is 16.3. The van der Waals surface area contributed by atoms with Crippen LogP contribution in [0.25, 0.3) is 0 Å². The van der Waals surface area contributed by atoms with Crippen LogP contribution >= 0.6 is 0 Å². The van der Waals surface area contributed by atoms with Gasteiger partial charge in [-0.25, -0.2) is 0 Å². The van der Waals surface area contributed by atoms with Crippen LogP contribution in [-0.4, -0.2) is 25.8 Å². The predicted molar refractivity (Wildman–Crippen MR) is 76.9 cm³/mol. The van der Waals surface area contributed by atoms with E-state index < -0.39 is 11.6 Å². The van der Waals surface area contributed by atoms with E-state index in [0.29, 0.717) is 11.5 Å². The first-order valence-electron chi connectivity index (χ1n) is 6.46. The molecule has 0 aliphatic rings. The molecule has 0 fully saturated rings. The molecule has 0 bridgehead atoms. The van der Waals surface area contributed by atoms with Crippen molar-refractivity contribution in [3.63, 3.8) is 0 Å². The number of methoxy groups -OCH3 is 2. The maximum Gasteiger partial charge on any atom is 0.308 e. The van der Waals surface area contributed by atoms with Crippen LogP contribution in [0.5, 0.6) is 11.5 Å². The number of nitrogens with two attached hydrogens (primary N) is 1. The van der Waals surface area contributed by atoms with Gasteiger partial charge in [-0.15, -0.1) is 0 Å². The summed E-state index contributed by atoms with van der Waals surface area (Å²) in [4.78, 5) is 11.8. The van der Waals surface area contributed by atoms with E-state index in [-0.39, 0.29) is 12.4 Å². The van der Waals surface area contributed by atoms with Crippen molar-refractivity contribution in [2.45, 2.75) is 38.8 Å². The fraction of sp³-hybridized carbons (Fsp3) is 0.533. The molecule has 1 rings (SSSR count). The molecule has 1 aromatic rings. The summed E-state index contributed by atoms with van der Waals surface area (Å²) in [5, 5.41) is 0. The summed E-state index contributed by atoms with van der Waals surface area (Å²) in [5.41, 5.74) is 6.30. The summed E-state index contributed by atoms with van der Waals surface area (Å²) in [6, 6.07) is 4.84. The van der Waals surface area contributed by atoms with Gasteiger partial charge in [0.05, 0.1) is 20.6 Å². The molecule has 1 aromatic carbocycles. The number of carbonyl (C=O) groups excluding carboxylic acids is 1. The Bertz CT molecular complexity index is 465. The number of esters is 1. The van der Waals surface area contributed by atoms with Gasteiger partial charge >= 0.3 is 5.97 Å². The topological polar surface area (TPSA) is 70.8 Å².